The lowest BCUT2D eigenvalue weighted by molar-refractivity contribution is 0.255. The van der Waals surface area contributed by atoms with Crippen LogP contribution >= 0.6 is 12.2 Å². The molecule has 1 aromatic carbocycles. The monoisotopic (exact) mass is 301 g/mol. The summed E-state index contributed by atoms with van der Waals surface area (Å²) in [6, 6.07) is 12.9. The molecule has 1 aliphatic heterocycles. The van der Waals surface area contributed by atoms with Gasteiger partial charge < -0.3 is 4.57 Å². The van der Waals surface area contributed by atoms with E-state index in [-0.39, 0.29) is 5.56 Å². The Kier molecular flexibility index (Phi) is 4.03. The number of hydrogen-bond acceptors (Lipinski definition) is 3. The molecule has 0 spiro atoms. The summed E-state index contributed by atoms with van der Waals surface area (Å²) >= 11 is 5.27. The molecule has 1 fully saturated rings. The topological polar surface area (TPSA) is 41.0 Å². The highest BCUT2D eigenvalue weighted by atomic mass is 32.1. The van der Waals surface area contributed by atoms with E-state index in [4.69, 9.17) is 12.2 Å². The standard InChI is InChI=1S/C16H19N3OS/c1-12-9-14(19-8-7-15(20)17-16(19)21)11-18(12)10-13-5-3-2-4-6-13/h2-8,12,14H,9-11H2,1H3,(H,17,20,21). The first-order valence-corrected chi connectivity index (χ1v) is 7.64. The van der Waals surface area contributed by atoms with Crippen LogP contribution in [0, 0.1) is 4.77 Å². The molecule has 3 rings (SSSR count). The van der Waals surface area contributed by atoms with Crippen molar-refractivity contribution in [3.63, 3.8) is 0 Å². The first-order chi connectivity index (χ1) is 10.1. The molecule has 21 heavy (non-hydrogen) atoms. The molecule has 4 nitrogen and oxygen atoms in total. The van der Waals surface area contributed by atoms with Crippen LogP contribution in [-0.2, 0) is 6.54 Å². The number of nitrogens with zero attached hydrogens (tertiary/aromatic N) is 2. The van der Waals surface area contributed by atoms with E-state index in [1.807, 2.05) is 16.8 Å². The van der Waals surface area contributed by atoms with E-state index in [1.54, 1.807) is 6.07 Å². The number of rotatable bonds is 3. The number of benzene rings is 1. The summed E-state index contributed by atoms with van der Waals surface area (Å²) in [6.07, 6.45) is 2.86. The largest absolute Gasteiger partial charge is 0.321 e. The summed E-state index contributed by atoms with van der Waals surface area (Å²) in [5.74, 6) is 0. The lowest BCUT2D eigenvalue weighted by atomic mass is 10.2. The van der Waals surface area contributed by atoms with Crippen LogP contribution in [-0.4, -0.2) is 27.0 Å². The number of nitrogens with one attached hydrogen (secondary N) is 1. The van der Waals surface area contributed by atoms with Crippen LogP contribution in [0.15, 0.2) is 47.4 Å². The fourth-order valence-corrected chi connectivity index (χ4v) is 3.33. The predicted octanol–water partition coefficient (Wildman–Crippen LogP) is 2.74. The lowest BCUT2D eigenvalue weighted by Gasteiger charge is -2.21. The van der Waals surface area contributed by atoms with Crippen molar-refractivity contribution in [2.75, 3.05) is 6.54 Å². The van der Waals surface area contributed by atoms with Gasteiger partial charge in [0.15, 0.2) is 4.77 Å². The van der Waals surface area contributed by atoms with Gasteiger partial charge in [-0.25, -0.2) is 0 Å². The zero-order valence-electron chi connectivity index (χ0n) is 12.0. The normalized spacial score (nSPS) is 22.5. The minimum absolute atomic E-state index is 0.136. The minimum atomic E-state index is -0.136. The van der Waals surface area contributed by atoms with Gasteiger partial charge >= 0.3 is 0 Å². The fourth-order valence-electron chi connectivity index (χ4n) is 3.02. The van der Waals surface area contributed by atoms with Gasteiger partial charge in [-0.15, -0.1) is 0 Å². The van der Waals surface area contributed by atoms with Gasteiger partial charge in [0, 0.05) is 37.4 Å². The highest BCUT2D eigenvalue weighted by molar-refractivity contribution is 7.71. The van der Waals surface area contributed by atoms with Crippen molar-refractivity contribution in [1.29, 1.82) is 0 Å². The summed E-state index contributed by atoms with van der Waals surface area (Å²) in [4.78, 5) is 16.4. The summed E-state index contributed by atoms with van der Waals surface area (Å²) in [6.45, 7) is 4.16. The molecule has 0 aliphatic carbocycles. The third-order valence-corrected chi connectivity index (χ3v) is 4.47. The molecule has 5 heteroatoms. The first-order valence-electron chi connectivity index (χ1n) is 7.23. The van der Waals surface area contributed by atoms with Crippen LogP contribution in [0.3, 0.4) is 0 Å². The second-order valence-electron chi connectivity index (χ2n) is 5.67. The van der Waals surface area contributed by atoms with Gasteiger partial charge in [0.25, 0.3) is 5.56 Å². The van der Waals surface area contributed by atoms with Crippen LogP contribution in [0.2, 0.25) is 0 Å². The average molecular weight is 301 g/mol. The third-order valence-electron chi connectivity index (χ3n) is 4.15. The molecule has 2 atom stereocenters. The quantitative estimate of drug-likeness (QED) is 0.886. The summed E-state index contributed by atoms with van der Waals surface area (Å²) in [5.41, 5.74) is 1.19. The SMILES string of the molecule is CC1CC(n2ccc(=O)[nH]c2=S)CN1Cc1ccccc1. The van der Waals surface area contributed by atoms with Crippen molar-refractivity contribution in [3.8, 4) is 0 Å². The molecule has 110 valence electrons. The van der Waals surface area contributed by atoms with Crippen molar-refractivity contribution in [3.05, 3.63) is 63.3 Å². The molecule has 2 aromatic rings. The number of H-pyrrole nitrogens is 1. The zero-order valence-corrected chi connectivity index (χ0v) is 12.8. The zero-order chi connectivity index (χ0) is 14.8. The number of aromatic nitrogens is 2. The number of likely N-dealkylation sites (tertiary alicyclic amines) is 1. The number of aromatic amines is 1. The van der Waals surface area contributed by atoms with Gasteiger partial charge in [-0.05, 0) is 31.1 Å². The van der Waals surface area contributed by atoms with Crippen LogP contribution in [0.1, 0.15) is 24.9 Å². The van der Waals surface area contributed by atoms with Gasteiger partial charge in [-0.2, -0.15) is 0 Å². The second-order valence-corrected chi connectivity index (χ2v) is 6.06. The van der Waals surface area contributed by atoms with Crippen LogP contribution in [0.5, 0.6) is 0 Å². The van der Waals surface area contributed by atoms with Crippen molar-refractivity contribution < 1.29 is 0 Å². The Morgan fingerprint density at radius 2 is 2.05 bits per heavy atom. The molecule has 0 bridgehead atoms. The molecular formula is C16H19N3OS. The average Bonchev–Trinajstić information content (AvgIpc) is 2.81. The van der Waals surface area contributed by atoms with Crippen LogP contribution in [0.4, 0.5) is 0 Å². The summed E-state index contributed by atoms with van der Waals surface area (Å²) in [7, 11) is 0. The fraction of sp³-hybridized carbons (Fsp3) is 0.375. The third kappa shape index (κ3) is 3.14. The Morgan fingerprint density at radius 1 is 1.29 bits per heavy atom. The van der Waals surface area contributed by atoms with Crippen LogP contribution < -0.4 is 5.56 Å². The molecule has 2 heterocycles. The van der Waals surface area contributed by atoms with Gasteiger partial charge in [0.1, 0.15) is 0 Å². The highest BCUT2D eigenvalue weighted by Crippen LogP contribution is 2.28. The lowest BCUT2D eigenvalue weighted by Crippen LogP contribution is -2.27. The Balaban J connectivity index is 1.76. The molecule has 0 radical (unpaired) electrons. The van der Waals surface area contributed by atoms with Crippen LogP contribution in [0.25, 0.3) is 0 Å². The Morgan fingerprint density at radius 3 is 2.76 bits per heavy atom. The van der Waals surface area contributed by atoms with Crippen molar-refractivity contribution in [2.24, 2.45) is 0 Å². The van der Waals surface area contributed by atoms with Gasteiger partial charge in [-0.3, -0.25) is 14.7 Å². The predicted molar refractivity (Wildman–Crippen MR) is 85.9 cm³/mol. The molecule has 0 amide bonds. The molecular weight excluding hydrogens is 282 g/mol. The smallest absolute Gasteiger partial charge is 0.251 e. The first kappa shape index (κ1) is 14.2. The van der Waals surface area contributed by atoms with Gasteiger partial charge in [0.05, 0.1) is 0 Å². The Labute approximate surface area is 129 Å². The van der Waals surface area contributed by atoms with E-state index in [2.05, 4.69) is 41.1 Å². The van der Waals surface area contributed by atoms with Crippen molar-refractivity contribution >= 4 is 12.2 Å². The van der Waals surface area contributed by atoms with E-state index in [1.165, 1.54) is 5.56 Å². The highest BCUT2D eigenvalue weighted by Gasteiger charge is 2.30. The summed E-state index contributed by atoms with van der Waals surface area (Å²) in [5, 5.41) is 0. The maximum atomic E-state index is 11.3. The maximum absolute atomic E-state index is 11.3. The van der Waals surface area contributed by atoms with Gasteiger partial charge in [0.2, 0.25) is 0 Å². The van der Waals surface area contributed by atoms with Crippen molar-refractivity contribution in [1.82, 2.24) is 14.5 Å². The molecule has 2 unspecified atom stereocenters. The molecule has 1 aromatic heterocycles. The molecule has 1 saturated heterocycles. The summed E-state index contributed by atoms with van der Waals surface area (Å²) < 4.78 is 2.53. The minimum Gasteiger partial charge on any atom is -0.321 e. The molecule has 1 N–H and O–H groups in total. The van der Waals surface area contributed by atoms with E-state index in [9.17, 15) is 4.79 Å². The van der Waals surface area contributed by atoms with E-state index in [0.29, 0.717) is 16.9 Å². The Bertz CT molecular complexity index is 722. The maximum Gasteiger partial charge on any atom is 0.251 e. The van der Waals surface area contributed by atoms with Crippen molar-refractivity contribution in [2.45, 2.75) is 32.0 Å². The molecule has 1 aliphatic rings. The Hall–Kier alpha value is -1.72. The van der Waals surface area contributed by atoms with E-state index < -0.39 is 0 Å². The number of hydrogen-bond donors (Lipinski definition) is 1. The molecule has 0 saturated carbocycles. The van der Waals surface area contributed by atoms with E-state index in [0.717, 1.165) is 19.5 Å². The van der Waals surface area contributed by atoms with E-state index >= 15 is 0 Å². The second kappa shape index (κ2) is 5.95. The van der Waals surface area contributed by atoms with Gasteiger partial charge in [-0.1, -0.05) is 30.3 Å².